The molecule has 102 valence electrons. The Labute approximate surface area is 122 Å². The van der Waals surface area contributed by atoms with Gasteiger partial charge in [0.1, 0.15) is 0 Å². The van der Waals surface area contributed by atoms with Gasteiger partial charge >= 0.3 is 0 Å². The highest BCUT2D eigenvalue weighted by atomic mass is 35.5. The molecule has 0 atom stereocenters. The summed E-state index contributed by atoms with van der Waals surface area (Å²) in [5, 5.41) is 2.95. The highest BCUT2D eigenvalue weighted by molar-refractivity contribution is 6.31. The summed E-state index contributed by atoms with van der Waals surface area (Å²) >= 11 is 6.14. The Balaban J connectivity index is 2.31. The number of hydrogen-bond donors (Lipinski definition) is 1. The van der Waals surface area contributed by atoms with E-state index in [9.17, 15) is 9.59 Å². The molecule has 0 bridgehead atoms. The smallest absolute Gasteiger partial charge is 0.258 e. The molecule has 0 aliphatic carbocycles. The summed E-state index contributed by atoms with van der Waals surface area (Å²) in [6.07, 6.45) is 0.543. The zero-order valence-corrected chi connectivity index (χ0v) is 11.8. The molecule has 0 spiro atoms. The van der Waals surface area contributed by atoms with Gasteiger partial charge in [0, 0.05) is 17.5 Å². The van der Waals surface area contributed by atoms with Crippen LogP contribution in [-0.2, 0) is 11.2 Å². The Morgan fingerprint density at radius 3 is 2.25 bits per heavy atom. The highest BCUT2D eigenvalue weighted by Gasteiger charge is 2.13. The van der Waals surface area contributed by atoms with Crippen LogP contribution < -0.4 is 5.32 Å². The minimum absolute atomic E-state index is 0.373. The maximum atomic E-state index is 12.0. The van der Waals surface area contributed by atoms with Gasteiger partial charge in [0.15, 0.2) is 0 Å². The van der Waals surface area contributed by atoms with E-state index in [1.54, 1.807) is 12.1 Å². The Kier molecular flexibility index (Phi) is 4.53. The Bertz CT molecular complexity index is 652. The van der Waals surface area contributed by atoms with Crippen molar-refractivity contribution in [1.29, 1.82) is 0 Å². The van der Waals surface area contributed by atoms with Gasteiger partial charge in [-0.15, -0.1) is 0 Å². The van der Waals surface area contributed by atoms with Crippen molar-refractivity contribution in [3.63, 3.8) is 0 Å². The van der Waals surface area contributed by atoms with Gasteiger partial charge < -0.3 is 0 Å². The first kappa shape index (κ1) is 14.3. The van der Waals surface area contributed by atoms with E-state index in [4.69, 9.17) is 11.6 Å². The standard InChI is InChI=1S/C16H14ClNO2/c1-11(19)18-16(20)14-8-4-2-6-12(14)10-13-7-3-5-9-15(13)17/h2-9H,10H2,1H3,(H,18,19,20). The van der Waals surface area contributed by atoms with Crippen molar-refractivity contribution in [3.8, 4) is 0 Å². The minimum atomic E-state index is -0.389. The second-order valence-electron chi connectivity index (χ2n) is 4.44. The second kappa shape index (κ2) is 6.35. The average molecular weight is 288 g/mol. The third-order valence-corrected chi connectivity index (χ3v) is 3.26. The van der Waals surface area contributed by atoms with Crippen LogP contribution in [0.2, 0.25) is 5.02 Å². The fourth-order valence-electron chi connectivity index (χ4n) is 1.97. The van der Waals surface area contributed by atoms with Gasteiger partial charge in [0.05, 0.1) is 0 Å². The molecule has 0 saturated carbocycles. The number of imide groups is 1. The van der Waals surface area contributed by atoms with Crippen molar-refractivity contribution in [3.05, 3.63) is 70.2 Å². The molecule has 20 heavy (non-hydrogen) atoms. The van der Waals surface area contributed by atoms with Crippen LogP contribution in [0.15, 0.2) is 48.5 Å². The predicted molar refractivity (Wildman–Crippen MR) is 78.8 cm³/mol. The number of carbonyl (C=O) groups excluding carboxylic acids is 2. The lowest BCUT2D eigenvalue weighted by molar-refractivity contribution is -0.118. The predicted octanol–water partition coefficient (Wildman–Crippen LogP) is 3.21. The normalized spacial score (nSPS) is 10.1. The van der Waals surface area contributed by atoms with Crippen molar-refractivity contribution in [1.82, 2.24) is 5.32 Å². The van der Waals surface area contributed by atoms with Crippen LogP contribution in [0, 0.1) is 0 Å². The molecule has 0 aliphatic rings. The van der Waals surface area contributed by atoms with Crippen LogP contribution in [-0.4, -0.2) is 11.8 Å². The summed E-state index contributed by atoms with van der Waals surface area (Å²) in [5.41, 5.74) is 2.26. The van der Waals surface area contributed by atoms with E-state index < -0.39 is 0 Å². The maximum absolute atomic E-state index is 12.0. The van der Waals surface area contributed by atoms with E-state index in [0.717, 1.165) is 11.1 Å². The quantitative estimate of drug-likeness (QED) is 0.942. The van der Waals surface area contributed by atoms with Crippen LogP contribution in [0.5, 0.6) is 0 Å². The van der Waals surface area contributed by atoms with Crippen LogP contribution in [0.1, 0.15) is 28.4 Å². The number of rotatable bonds is 3. The van der Waals surface area contributed by atoms with E-state index in [1.165, 1.54) is 6.92 Å². The lowest BCUT2D eigenvalue weighted by Gasteiger charge is -2.09. The molecule has 0 aromatic heterocycles. The molecular formula is C16H14ClNO2. The summed E-state index contributed by atoms with van der Waals surface area (Å²) in [7, 11) is 0. The molecule has 1 N–H and O–H groups in total. The lowest BCUT2D eigenvalue weighted by atomic mass is 9.99. The van der Waals surface area contributed by atoms with Crippen molar-refractivity contribution in [2.24, 2.45) is 0 Å². The van der Waals surface area contributed by atoms with Crippen molar-refractivity contribution in [2.45, 2.75) is 13.3 Å². The maximum Gasteiger partial charge on any atom is 0.258 e. The fraction of sp³-hybridized carbons (Fsp3) is 0.125. The zero-order chi connectivity index (χ0) is 14.5. The first-order valence-electron chi connectivity index (χ1n) is 6.21. The van der Waals surface area contributed by atoms with E-state index in [0.29, 0.717) is 17.0 Å². The van der Waals surface area contributed by atoms with Crippen LogP contribution >= 0.6 is 11.6 Å². The van der Waals surface area contributed by atoms with Crippen molar-refractivity contribution >= 4 is 23.4 Å². The fourth-order valence-corrected chi connectivity index (χ4v) is 2.17. The third-order valence-electron chi connectivity index (χ3n) is 2.89. The molecule has 4 heteroatoms. The molecule has 0 radical (unpaired) electrons. The van der Waals surface area contributed by atoms with Crippen LogP contribution in [0.25, 0.3) is 0 Å². The number of carbonyl (C=O) groups is 2. The molecular weight excluding hydrogens is 274 g/mol. The van der Waals surface area contributed by atoms with Gasteiger partial charge in [-0.1, -0.05) is 48.0 Å². The molecule has 0 heterocycles. The topological polar surface area (TPSA) is 46.2 Å². The molecule has 2 amide bonds. The molecule has 0 aliphatic heterocycles. The number of benzene rings is 2. The molecule has 0 unspecified atom stereocenters. The van der Waals surface area contributed by atoms with Crippen molar-refractivity contribution in [2.75, 3.05) is 0 Å². The summed E-state index contributed by atoms with van der Waals surface area (Å²) in [4.78, 5) is 23.0. The van der Waals surface area contributed by atoms with Gasteiger partial charge in [-0.3, -0.25) is 14.9 Å². The van der Waals surface area contributed by atoms with E-state index in [2.05, 4.69) is 5.32 Å². The minimum Gasteiger partial charge on any atom is -0.293 e. The third kappa shape index (κ3) is 3.45. The number of nitrogens with one attached hydrogen (secondary N) is 1. The Hall–Kier alpha value is -2.13. The van der Waals surface area contributed by atoms with Crippen LogP contribution in [0.4, 0.5) is 0 Å². The van der Waals surface area contributed by atoms with E-state index in [-0.39, 0.29) is 11.8 Å². The number of halogens is 1. The van der Waals surface area contributed by atoms with Gasteiger partial charge in [0.25, 0.3) is 5.91 Å². The van der Waals surface area contributed by atoms with E-state index >= 15 is 0 Å². The summed E-state index contributed by atoms with van der Waals surface area (Å²) < 4.78 is 0. The summed E-state index contributed by atoms with van der Waals surface area (Å²) in [6.45, 7) is 1.31. The van der Waals surface area contributed by atoms with Gasteiger partial charge in [-0.25, -0.2) is 0 Å². The molecule has 0 saturated heterocycles. The molecule has 2 aromatic rings. The molecule has 0 fully saturated rings. The number of amides is 2. The summed E-state index contributed by atoms with van der Waals surface area (Å²) in [5.74, 6) is -0.761. The van der Waals surface area contributed by atoms with Crippen LogP contribution in [0.3, 0.4) is 0 Å². The Morgan fingerprint density at radius 2 is 1.60 bits per heavy atom. The summed E-state index contributed by atoms with van der Waals surface area (Å²) in [6, 6.07) is 14.7. The van der Waals surface area contributed by atoms with Gasteiger partial charge in [0.2, 0.25) is 5.91 Å². The average Bonchev–Trinajstić information content (AvgIpc) is 2.41. The first-order chi connectivity index (χ1) is 9.58. The van der Waals surface area contributed by atoms with Crippen molar-refractivity contribution < 1.29 is 9.59 Å². The Morgan fingerprint density at radius 1 is 1.00 bits per heavy atom. The van der Waals surface area contributed by atoms with Gasteiger partial charge in [-0.2, -0.15) is 0 Å². The number of hydrogen-bond acceptors (Lipinski definition) is 2. The second-order valence-corrected chi connectivity index (χ2v) is 4.84. The molecule has 2 rings (SSSR count). The van der Waals surface area contributed by atoms with E-state index in [1.807, 2.05) is 36.4 Å². The van der Waals surface area contributed by atoms with Gasteiger partial charge in [-0.05, 0) is 29.7 Å². The highest BCUT2D eigenvalue weighted by Crippen LogP contribution is 2.21. The molecule has 2 aromatic carbocycles. The molecule has 3 nitrogen and oxygen atoms in total. The lowest BCUT2D eigenvalue weighted by Crippen LogP contribution is -2.28. The largest absolute Gasteiger partial charge is 0.293 e. The first-order valence-corrected chi connectivity index (χ1v) is 6.59. The zero-order valence-electron chi connectivity index (χ0n) is 11.0. The monoisotopic (exact) mass is 287 g/mol. The SMILES string of the molecule is CC(=O)NC(=O)c1ccccc1Cc1ccccc1Cl.